The van der Waals surface area contributed by atoms with Crippen LogP contribution in [-0.2, 0) is 12.8 Å². The van der Waals surface area contributed by atoms with E-state index in [1.165, 1.54) is 0 Å². The maximum Gasteiger partial charge on any atom is 0.293 e. The maximum atomic E-state index is 13.1. The van der Waals surface area contributed by atoms with Gasteiger partial charge in [0, 0.05) is 37.1 Å². The number of pyridine rings is 1. The minimum Gasteiger partial charge on any atom is -0.351 e. The van der Waals surface area contributed by atoms with Crippen LogP contribution in [0.1, 0.15) is 53.1 Å². The molecular formula is C19H21N5O2. The first-order valence-electron chi connectivity index (χ1n) is 8.82. The van der Waals surface area contributed by atoms with Crippen LogP contribution in [0.3, 0.4) is 0 Å². The number of H-pyrrole nitrogens is 1. The SMILES string of the molecule is CC(C)Cc1cc(C(=O)N2CCc3[nH]cnc3C2c2cccnc2)on1. The summed E-state index contributed by atoms with van der Waals surface area (Å²) in [4.78, 5) is 26.8. The lowest BCUT2D eigenvalue weighted by atomic mass is 9.96. The second kappa shape index (κ2) is 6.74. The van der Waals surface area contributed by atoms with Crippen LogP contribution in [0.25, 0.3) is 0 Å². The van der Waals surface area contributed by atoms with Crippen molar-refractivity contribution in [2.45, 2.75) is 32.7 Å². The summed E-state index contributed by atoms with van der Waals surface area (Å²) in [5.41, 5.74) is 3.65. The highest BCUT2D eigenvalue weighted by Crippen LogP contribution is 2.34. The quantitative estimate of drug-likeness (QED) is 0.781. The molecule has 26 heavy (non-hydrogen) atoms. The lowest BCUT2D eigenvalue weighted by molar-refractivity contribution is 0.0647. The summed E-state index contributed by atoms with van der Waals surface area (Å²) in [6.07, 6.45) is 6.69. The van der Waals surface area contributed by atoms with Gasteiger partial charge in [0.05, 0.1) is 17.7 Å². The van der Waals surface area contributed by atoms with Crippen LogP contribution in [0.2, 0.25) is 0 Å². The lowest BCUT2D eigenvalue weighted by Crippen LogP contribution is -2.40. The second-order valence-electron chi connectivity index (χ2n) is 6.98. The largest absolute Gasteiger partial charge is 0.351 e. The fourth-order valence-electron chi connectivity index (χ4n) is 3.44. The normalized spacial score (nSPS) is 16.7. The highest BCUT2D eigenvalue weighted by molar-refractivity contribution is 5.92. The molecule has 1 aliphatic heterocycles. The number of fused-ring (bicyclic) bond motifs is 1. The summed E-state index contributed by atoms with van der Waals surface area (Å²) < 4.78 is 5.35. The number of hydrogen-bond acceptors (Lipinski definition) is 5. The molecule has 0 aliphatic carbocycles. The Kier molecular flexibility index (Phi) is 4.28. The van der Waals surface area contributed by atoms with Crippen molar-refractivity contribution in [3.63, 3.8) is 0 Å². The highest BCUT2D eigenvalue weighted by atomic mass is 16.5. The van der Waals surface area contributed by atoms with Crippen molar-refractivity contribution in [2.24, 2.45) is 5.92 Å². The van der Waals surface area contributed by atoms with Crippen molar-refractivity contribution in [3.8, 4) is 0 Å². The van der Waals surface area contributed by atoms with E-state index >= 15 is 0 Å². The van der Waals surface area contributed by atoms with Crippen molar-refractivity contribution < 1.29 is 9.32 Å². The summed E-state index contributed by atoms with van der Waals surface area (Å²) >= 11 is 0. The van der Waals surface area contributed by atoms with Crippen LogP contribution in [0.4, 0.5) is 0 Å². The molecule has 1 amide bonds. The molecule has 0 saturated heterocycles. The molecule has 1 N–H and O–H groups in total. The van der Waals surface area contributed by atoms with Gasteiger partial charge in [-0.15, -0.1) is 0 Å². The van der Waals surface area contributed by atoms with E-state index in [-0.39, 0.29) is 17.7 Å². The summed E-state index contributed by atoms with van der Waals surface area (Å²) in [7, 11) is 0. The van der Waals surface area contributed by atoms with Crippen LogP contribution in [0.15, 0.2) is 41.4 Å². The number of nitrogens with one attached hydrogen (secondary N) is 1. The zero-order valence-corrected chi connectivity index (χ0v) is 14.8. The zero-order chi connectivity index (χ0) is 18.1. The Morgan fingerprint density at radius 3 is 3.12 bits per heavy atom. The topological polar surface area (TPSA) is 87.9 Å². The van der Waals surface area contributed by atoms with Gasteiger partial charge in [-0.05, 0) is 24.0 Å². The molecule has 3 aromatic rings. The third kappa shape index (κ3) is 3.00. The van der Waals surface area contributed by atoms with Gasteiger partial charge in [0.2, 0.25) is 5.76 Å². The minimum absolute atomic E-state index is 0.171. The van der Waals surface area contributed by atoms with Crippen LogP contribution in [-0.4, -0.2) is 37.5 Å². The van der Waals surface area contributed by atoms with Gasteiger partial charge in [-0.1, -0.05) is 25.1 Å². The van der Waals surface area contributed by atoms with E-state index < -0.39 is 0 Å². The molecule has 0 aromatic carbocycles. The summed E-state index contributed by atoms with van der Waals surface area (Å²) in [6, 6.07) is 5.30. The molecule has 1 aliphatic rings. The van der Waals surface area contributed by atoms with Gasteiger partial charge >= 0.3 is 0 Å². The van der Waals surface area contributed by atoms with E-state index in [0.717, 1.165) is 35.5 Å². The predicted octanol–water partition coefficient (Wildman–Crippen LogP) is 2.78. The fourth-order valence-corrected chi connectivity index (χ4v) is 3.44. The molecule has 1 unspecified atom stereocenters. The molecule has 134 valence electrons. The molecular weight excluding hydrogens is 330 g/mol. The fraction of sp³-hybridized carbons (Fsp3) is 0.368. The first-order valence-corrected chi connectivity index (χ1v) is 8.82. The molecule has 4 rings (SSSR count). The molecule has 4 heterocycles. The van der Waals surface area contributed by atoms with Gasteiger partial charge in [0.25, 0.3) is 5.91 Å². The Hall–Kier alpha value is -2.96. The summed E-state index contributed by atoms with van der Waals surface area (Å²) in [5.74, 6) is 0.552. The summed E-state index contributed by atoms with van der Waals surface area (Å²) in [5, 5.41) is 4.05. The van der Waals surface area contributed by atoms with Gasteiger partial charge in [-0.3, -0.25) is 9.78 Å². The molecule has 0 saturated carbocycles. The smallest absolute Gasteiger partial charge is 0.293 e. The van der Waals surface area contributed by atoms with E-state index in [0.29, 0.717) is 12.5 Å². The molecule has 7 nitrogen and oxygen atoms in total. The lowest BCUT2D eigenvalue weighted by Gasteiger charge is -2.34. The maximum absolute atomic E-state index is 13.1. The van der Waals surface area contributed by atoms with Crippen LogP contribution < -0.4 is 0 Å². The standard InChI is InChI=1S/C19H21N5O2/c1-12(2)8-14-9-16(26-23-14)19(25)24-7-5-15-17(22-11-21-15)18(24)13-4-3-6-20-10-13/h3-4,6,9-12,18H,5,7-8H2,1-2H3,(H,21,22). The Labute approximate surface area is 151 Å². The van der Waals surface area contributed by atoms with Crippen molar-refractivity contribution in [1.82, 2.24) is 25.0 Å². The van der Waals surface area contributed by atoms with Crippen LogP contribution in [0.5, 0.6) is 0 Å². The van der Waals surface area contributed by atoms with Gasteiger partial charge in [-0.2, -0.15) is 0 Å². The number of imidazole rings is 1. The van der Waals surface area contributed by atoms with Gasteiger partial charge < -0.3 is 14.4 Å². The number of carbonyl (C=O) groups is 1. The zero-order valence-electron chi connectivity index (χ0n) is 14.8. The number of rotatable bonds is 4. The van der Waals surface area contributed by atoms with E-state index in [2.05, 4.69) is 34.0 Å². The van der Waals surface area contributed by atoms with E-state index in [4.69, 9.17) is 4.52 Å². The summed E-state index contributed by atoms with van der Waals surface area (Å²) in [6.45, 7) is 4.80. The van der Waals surface area contributed by atoms with Gasteiger partial charge in [-0.25, -0.2) is 4.98 Å². The third-order valence-corrected chi connectivity index (χ3v) is 4.57. The third-order valence-electron chi connectivity index (χ3n) is 4.57. The predicted molar refractivity (Wildman–Crippen MR) is 94.5 cm³/mol. The number of hydrogen-bond donors (Lipinski definition) is 1. The monoisotopic (exact) mass is 351 g/mol. The molecule has 0 bridgehead atoms. The average molecular weight is 351 g/mol. The minimum atomic E-state index is -0.287. The van der Waals surface area contributed by atoms with Crippen molar-refractivity contribution >= 4 is 5.91 Å². The van der Waals surface area contributed by atoms with E-state index in [9.17, 15) is 4.79 Å². The van der Waals surface area contributed by atoms with Crippen LogP contribution >= 0.6 is 0 Å². The average Bonchev–Trinajstić information content (AvgIpc) is 3.29. The Morgan fingerprint density at radius 2 is 2.35 bits per heavy atom. The van der Waals surface area contributed by atoms with Crippen LogP contribution in [0, 0.1) is 5.92 Å². The number of amides is 1. The molecule has 7 heteroatoms. The molecule has 0 radical (unpaired) electrons. The van der Waals surface area contributed by atoms with Crippen molar-refractivity contribution in [3.05, 3.63) is 65.3 Å². The highest BCUT2D eigenvalue weighted by Gasteiger charge is 2.36. The van der Waals surface area contributed by atoms with Crippen molar-refractivity contribution in [1.29, 1.82) is 0 Å². The number of nitrogens with zero attached hydrogens (tertiary/aromatic N) is 4. The second-order valence-corrected chi connectivity index (χ2v) is 6.98. The number of aromatic amines is 1. The first kappa shape index (κ1) is 16.5. The van der Waals surface area contributed by atoms with E-state index in [1.807, 2.05) is 12.1 Å². The van der Waals surface area contributed by atoms with Crippen molar-refractivity contribution in [2.75, 3.05) is 6.54 Å². The molecule has 3 aromatic heterocycles. The molecule has 1 atom stereocenters. The van der Waals surface area contributed by atoms with E-state index in [1.54, 1.807) is 29.7 Å². The van der Waals surface area contributed by atoms with Gasteiger partial charge in [0.15, 0.2) is 0 Å². The van der Waals surface area contributed by atoms with Gasteiger partial charge in [0.1, 0.15) is 6.04 Å². The molecule has 0 fully saturated rings. The first-order chi connectivity index (χ1) is 12.6. The Balaban J connectivity index is 1.68. The number of carbonyl (C=O) groups excluding carboxylic acids is 1. The Morgan fingerprint density at radius 1 is 1.46 bits per heavy atom. The number of aromatic nitrogens is 4. The molecule has 0 spiro atoms. The Bertz CT molecular complexity index is 900.